The van der Waals surface area contributed by atoms with Crippen LogP contribution >= 0.6 is 0 Å². The fraction of sp³-hybridized carbons (Fsp3) is 0.808. The Morgan fingerprint density at radius 3 is 1.26 bits per heavy atom. The molecule has 2 aliphatic heterocycles. The average molecular weight is 955 g/mol. The molecule has 0 radical (unpaired) electrons. The molecule has 0 saturated carbocycles. The van der Waals surface area contributed by atoms with Crippen LogP contribution in [0.4, 0.5) is 0 Å². The number of likely N-dealkylation sites (tertiary alicyclic amines) is 2. The van der Waals surface area contributed by atoms with Crippen LogP contribution in [0, 0.1) is 22.7 Å². The molecular formula is C52H95LiN6O9. The van der Waals surface area contributed by atoms with Crippen molar-refractivity contribution in [3.8, 4) is 0 Å². The van der Waals surface area contributed by atoms with Crippen LogP contribution in [0.1, 0.15) is 169 Å². The van der Waals surface area contributed by atoms with Crippen LogP contribution < -0.4 is 29.5 Å². The molecule has 0 aromatic heterocycles. The normalized spacial score (nSPS) is 20.1. The number of carboxylic acids is 1. The van der Waals surface area contributed by atoms with Gasteiger partial charge in [-0.3, -0.25) is 29.0 Å². The van der Waals surface area contributed by atoms with Crippen molar-refractivity contribution in [1.82, 2.24) is 30.2 Å². The van der Waals surface area contributed by atoms with Crippen LogP contribution in [0.5, 0.6) is 0 Å². The maximum Gasteiger partial charge on any atom is 1.00 e. The molecule has 4 unspecified atom stereocenters. The first kappa shape index (κ1) is 66.9. The summed E-state index contributed by atoms with van der Waals surface area (Å²) in [7, 11) is 3.44. The van der Waals surface area contributed by atoms with Gasteiger partial charge in [0.2, 0.25) is 23.6 Å². The summed E-state index contributed by atoms with van der Waals surface area (Å²) in [6.45, 7) is 35.4. The van der Waals surface area contributed by atoms with Gasteiger partial charge in [-0.15, -0.1) is 0 Å². The van der Waals surface area contributed by atoms with E-state index in [1.54, 1.807) is 49.9 Å². The largest absolute Gasteiger partial charge is 1.00 e. The van der Waals surface area contributed by atoms with E-state index in [0.29, 0.717) is 24.3 Å². The third kappa shape index (κ3) is 19.9. The zero-order valence-electron chi connectivity index (χ0n) is 46.2. The van der Waals surface area contributed by atoms with Crippen molar-refractivity contribution in [2.75, 3.05) is 33.8 Å². The van der Waals surface area contributed by atoms with E-state index in [1.807, 2.05) is 69.2 Å². The molecule has 8 atom stereocenters. The van der Waals surface area contributed by atoms with Gasteiger partial charge in [-0.25, -0.2) is 9.59 Å². The molecule has 4 N–H and O–H groups in total. The van der Waals surface area contributed by atoms with E-state index in [4.69, 9.17) is 4.74 Å². The van der Waals surface area contributed by atoms with E-state index in [0.717, 1.165) is 64.5 Å². The Morgan fingerprint density at radius 1 is 0.647 bits per heavy atom. The predicted molar refractivity (Wildman–Crippen MR) is 267 cm³/mol. The van der Waals surface area contributed by atoms with Gasteiger partial charge >= 0.3 is 30.8 Å². The number of amides is 4. The standard InChI is InChI=1S/C27H49N3O4.C25H45N3O4.Li.H2O/c1-11-20(6)30-16-14-13-15-21(30)24(31)28-23(27(7,8)9)25(32)29(10)22(18(3)4)17-19(5)26(33)34-12-2;1-10-18(5)28-14-12-11-13-19(28)22(29)26-21(25(6,7)8)23(30)27(9)20(16(2)3)15-17(4)24(31)32;;/h17-18,20-23H,11-16H2,1-10H3,(H,28,31);15-16,18-21H,10-14H2,1-9H3,(H,26,29)(H,31,32);;1H2/q;;+1;/p-1/b19-17+;17-15+;;/t20?,21-,22-,23?;18?,19-,20-,21?;;/m11../s1. The molecule has 2 heterocycles. The van der Waals surface area contributed by atoms with Crippen molar-refractivity contribution >= 4 is 35.6 Å². The SMILES string of the molecule is CCC(C)N1CCCC[C@@H]1C(=O)NC(C(=O)N(C)[C@H](/C=C(\C)C(=O)O)C(C)C)C(C)(C)C.CCOC(=O)/C(C)=C/[C@H](C(C)C)N(C)C(=O)C(NC(=O)[C@H]1CCCCN1C(C)CC)C(C)(C)C.[Li+].[OH-]. The molecule has 0 aromatic rings. The second-order valence-corrected chi connectivity index (χ2v) is 21.7. The van der Waals surface area contributed by atoms with Crippen molar-refractivity contribution in [2.24, 2.45) is 22.7 Å². The van der Waals surface area contributed by atoms with Crippen LogP contribution in [0.2, 0.25) is 0 Å². The fourth-order valence-electron chi connectivity index (χ4n) is 8.87. The summed E-state index contributed by atoms with van der Waals surface area (Å²) < 4.78 is 5.11. The molecule has 388 valence electrons. The van der Waals surface area contributed by atoms with E-state index in [9.17, 15) is 33.9 Å². The van der Waals surface area contributed by atoms with Gasteiger partial charge in [0.1, 0.15) is 12.1 Å². The maximum absolute atomic E-state index is 13.8. The Bertz CT molecular complexity index is 1670. The summed E-state index contributed by atoms with van der Waals surface area (Å²) >= 11 is 0. The summed E-state index contributed by atoms with van der Waals surface area (Å²) in [6, 6.07) is -1.87. The first-order valence-corrected chi connectivity index (χ1v) is 24.9. The summed E-state index contributed by atoms with van der Waals surface area (Å²) in [4.78, 5) is 85.5. The second kappa shape index (κ2) is 30.5. The van der Waals surface area contributed by atoms with Crippen molar-refractivity contribution in [3.63, 3.8) is 0 Å². The summed E-state index contributed by atoms with van der Waals surface area (Å²) in [5.74, 6) is -1.80. The number of ether oxygens (including phenoxy) is 1. The quantitative estimate of drug-likeness (QED) is 0.0924. The molecule has 2 aliphatic rings. The molecule has 2 fully saturated rings. The number of rotatable bonds is 19. The fourth-order valence-corrected chi connectivity index (χ4v) is 8.87. The van der Waals surface area contributed by atoms with Gasteiger partial charge in [-0.05, 0) is 109 Å². The van der Waals surface area contributed by atoms with Crippen LogP contribution in [0.25, 0.3) is 0 Å². The number of piperidine rings is 2. The van der Waals surface area contributed by atoms with E-state index < -0.39 is 28.9 Å². The number of esters is 1. The van der Waals surface area contributed by atoms with Gasteiger partial charge in [0.05, 0.1) is 30.8 Å². The van der Waals surface area contributed by atoms with Crippen LogP contribution in [0.15, 0.2) is 23.3 Å². The molecular weight excluding hydrogens is 860 g/mol. The Labute approximate surface area is 424 Å². The number of nitrogens with one attached hydrogen (secondary N) is 2. The molecule has 16 heteroatoms. The van der Waals surface area contributed by atoms with Gasteiger partial charge in [-0.1, -0.05) is 108 Å². The van der Waals surface area contributed by atoms with Crippen LogP contribution in [0.3, 0.4) is 0 Å². The first-order valence-electron chi connectivity index (χ1n) is 24.9. The van der Waals surface area contributed by atoms with Gasteiger partial charge in [0, 0.05) is 37.3 Å². The number of aliphatic carboxylic acids is 1. The summed E-state index contributed by atoms with van der Waals surface area (Å²) in [5, 5.41) is 15.5. The zero-order chi connectivity index (χ0) is 51.0. The number of carboxylic acid groups (broad SMARTS) is 1. The molecule has 2 saturated heterocycles. The number of hydrogen-bond donors (Lipinski definition) is 3. The van der Waals surface area contributed by atoms with Crippen LogP contribution in [-0.4, -0.2) is 148 Å². The minimum absolute atomic E-state index is 0. The van der Waals surface area contributed by atoms with Crippen molar-refractivity contribution < 1.29 is 62.9 Å². The van der Waals surface area contributed by atoms with E-state index in [1.165, 1.54) is 6.92 Å². The van der Waals surface area contributed by atoms with Gasteiger partial charge in [-0.2, -0.15) is 0 Å². The first-order chi connectivity index (χ1) is 30.5. The van der Waals surface area contributed by atoms with Crippen molar-refractivity contribution in [3.05, 3.63) is 23.3 Å². The Balaban J connectivity index is 0. The second-order valence-electron chi connectivity index (χ2n) is 21.7. The van der Waals surface area contributed by atoms with Gasteiger partial charge in [0.25, 0.3) is 0 Å². The molecule has 68 heavy (non-hydrogen) atoms. The summed E-state index contributed by atoms with van der Waals surface area (Å²) in [5.41, 5.74) is -0.295. The van der Waals surface area contributed by atoms with E-state index >= 15 is 0 Å². The molecule has 4 amide bonds. The topological polar surface area (TPSA) is 199 Å². The third-order valence-electron chi connectivity index (χ3n) is 13.5. The number of carbonyl (C=O) groups is 6. The molecule has 2 rings (SSSR count). The number of hydrogen-bond acceptors (Lipinski definition) is 10. The smallest absolute Gasteiger partial charge is 0.870 e. The zero-order valence-corrected chi connectivity index (χ0v) is 46.2. The maximum atomic E-state index is 13.8. The minimum Gasteiger partial charge on any atom is -0.870 e. The number of carbonyl (C=O) groups excluding carboxylic acids is 5. The Hall–Kier alpha value is -3.22. The van der Waals surface area contributed by atoms with E-state index in [-0.39, 0.29) is 95.5 Å². The average Bonchev–Trinajstić information content (AvgIpc) is 3.25. The Morgan fingerprint density at radius 2 is 0.985 bits per heavy atom. The molecule has 0 aromatic carbocycles. The third-order valence-corrected chi connectivity index (χ3v) is 13.5. The number of likely N-dealkylation sites (N-methyl/N-ethyl adjacent to an activating group) is 2. The number of nitrogens with zero attached hydrogens (tertiary/aromatic N) is 4. The molecule has 0 bridgehead atoms. The van der Waals surface area contributed by atoms with E-state index in [2.05, 4.69) is 48.1 Å². The summed E-state index contributed by atoms with van der Waals surface area (Å²) in [6.07, 6.45) is 11.2. The Kier molecular flexibility index (Phi) is 30.0. The molecule has 0 spiro atoms. The van der Waals surface area contributed by atoms with Crippen LogP contribution in [-0.2, 0) is 33.5 Å². The van der Waals surface area contributed by atoms with Gasteiger partial charge in [0.15, 0.2) is 0 Å². The molecule has 0 aliphatic carbocycles. The van der Waals surface area contributed by atoms with Crippen molar-refractivity contribution in [1.29, 1.82) is 0 Å². The molecule has 15 nitrogen and oxygen atoms in total. The predicted octanol–water partition coefficient (Wildman–Crippen LogP) is 4.67. The van der Waals surface area contributed by atoms with Gasteiger partial charge < -0.3 is 35.8 Å². The van der Waals surface area contributed by atoms with Crippen molar-refractivity contribution in [2.45, 2.75) is 217 Å². The monoisotopic (exact) mass is 955 g/mol. The minimum atomic E-state index is -1.00.